The normalized spacial score (nSPS) is 11.3. The predicted octanol–water partition coefficient (Wildman–Crippen LogP) is 3.33. The number of ketones is 1. The SMILES string of the molecule is CC(=O)c1cc(I)c(C(F)(F)F)cc1C=O. The molecule has 0 radical (unpaired) electrons. The van der Waals surface area contributed by atoms with Gasteiger partial charge in [0.25, 0.3) is 0 Å². The number of hydrogen-bond acceptors (Lipinski definition) is 2. The maximum Gasteiger partial charge on any atom is 0.417 e. The molecule has 1 aromatic rings. The highest BCUT2D eigenvalue weighted by atomic mass is 127. The molecule has 0 unspecified atom stereocenters. The van der Waals surface area contributed by atoms with Crippen molar-refractivity contribution in [3.8, 4) is 0 Å². The minimum Gasteiger partial charge on any atom is -0.298 e. The summed E-state index contributed by atoms with van der Waals surface area (Å²) in [6.07, 6.45) is -4.27. The number of alkyl halides is 3. The number of rotatable bonds is 2. The van der Waals surface area contributed by atoms with E-state index in [-0.39, 0.29) is 21.0 Å². The summed E-state index contributed by atoms with van der Waals surface area (Å²) in [6, 6.07) is 1.78. The lowest BCUT2D eigenvalue weighted by atomic mass is 10.0. The summed E-state index contributed by atoms with van der Waals surface area (Å²) in [4.78, 5) is 21.7. The second-order valence-electron chi connectivity index (χ2n) is 3.09. The van der Waals surface area contributed by atoms with E-state index < -0.39 is 17.5 Å². The molecular formula is C10H6F3IO2. The first-order valence-electron chi connectivity index (χ1n) is 4.14. The number of Topliss-reactive ketones (excluding diaryl/α,β-unsaturated/α-hetero) is 1. The minimum absolute atomic E-state index is 0.00685. The van der Waals surface area contributed by atoms with E-state index in [9.17, 15) is 22.8 Å². The maximum atomic E-state index is 12.5. The molecule has 0 amide bonds. The van der Waals surface area contributed by atoms with Gasteiger partial charge in [0.1, 0.15) is 0 Å². The van der Waals surface area contributed by atoms with Crippen LogP contribution in [0.25, 0.3) is 0 Å². The second-order valence-corrected chi connectivity index (χ2v) is 4.25. The lowest BCUT2D eigenvalue weighted by Gasteiger charge is -2.11. The average Bonchev–Trinajstić information content (AvgIpc) is 2.15. The molecule has 0 aliphatic carbocycles. The molecule has 6 heteroatoms. The summed E-state index contributed by atoms with van der Waals surface area (Å²) in [5, 5.41) is 0. The van der Waals surface area contributed by atoms with E-state index in [0.29, 0.717) is 6.07 Å². The van der Waals surface area contributed by atoms with E-state index >= 15 is 0 Å². The van der Waals surface area contributed by atoms with Crippen LogP contribution in [0.5, 0.6) is 0 Å². The molecule has 0 aromatic heterocycles. The Hall–Kier alpha value is -0.920. The smallest absolute Gasteiger partial charge is 0.298 e. The van der Waals surface area contributed by atoms with Crippen LogP contribution in [0.1, 0.15) is 33.2 Å². The Morgan fingerprint density at radius 3 is 2.31 bits per heavy atom. The largest absolute Gasteiger partial charge is 0.417 e. The van der Waals surface area contributed by atoms with E-state index in [0.717, 1.165) is 6.07 Å². The third kappa shape index (κ3) is 2.60. The molecule has 1 rings (SSSR count). The Morgan fingerprint density at radius 1 is 1.38 bits per heavy atom. The van der Waals surface area contributed by atoms with Crippen LogP contribution in [0.3, 0.4) is 0 Å². The molecular weight excluding hydrogens is 336 g/mol. The van der Waals surface area contributed by atoms with Gasteiger partial charge in [-0.15, -0.1) is 0 Å². The van der Waals surface area contributed by atoms with Crippen molar-refractivity contribution in [2.75, 3.05) is 0 Å². The summed E-state index contributed by atoms with van der Waals surface area (Å²) in [5.41, 5.74) is -1.13. The number of aldehydes is 1. The highest BCUT2D eigenvalue weighted by molar-refractivity contribution is 14.1. The number of benzene rings is 1. The first-order chi connectivity index (χ1) is 7.27. The van der Waals surface area contributed by atoms with Crippen LogP contribution in [-0.4, -0.2) is 12.1 Å². The fourth-order valence-electron chi connectivity index (χ4n) is 1.21. The molecule has 0 spiro atoms. The summed E-state index contributed by atoms with van der Waals surface area (Å²) in [7, 11) is 0. The standard InChI is InChI=1S/C10H6F3IO2/c1-5(16)7-3-9(14)8(10(11,12)13)2-6(7)4-15/h2-4H,1H3. The Balaban J connectivity index is 3.49. The topological polar surface area (TPSA) is 34.1 Å². The van der Waals surface area contributed by atoms with Crippen molar-refractivity contribution in [1.82, 2.24) is 0 Å². The first-order valence-corrected chi connectivity index (χ1v) is 5.22. The number of carbonyl (C=O) groups is 2. The fourth-order valence-corrected chi connectivity index (χ4v) is 1.98. The number of halogens is 4. The van der Waals surface area contributed by atoms with Gasteiger partial charge < -0.3 is 0 Å². The van der Waals surface area contributed by atoms with Gasteiger partial charge in [0, 0.05) is 14.7 Å². The third-order valence-electron chi connectivity index (χ3n) is 1.95. The molecule has 2 nitrogen and oxygen atoms in total. The van der Waals surface area contributed by atoms with Crippen molar-refractivity contribution in [3.05, 3.63) is 32.4 Å². The van der Waals surface area contributed by atoms with Crippen LogP contribution in [0.4, 0.5) is 13.2 Å². The van der Waals surface area contributed by atoms with Crippen LogP contribution < -0.4 is 0 Å². The van der Waals surface area contributed by atoms with Crippen molar-refractivity contribution >= 4 is 34.7 Å². The third-order valence-corrected chi connectivity index (χ3v) is 2.84. The van der Waals surface area contributed by atoms with E-state index in [2.05, 4.69) is 0 Å². The Labute approximate surface area is 103 Å². The molecule has 0 atom stereocenters. The average molecular weight is 342 g/mol. The van der Waals surface area contributed by atoms with E-state index in [1.54, 1.807) is 0 Å². The molecule has 16 heavy (non-hydrogen) atoms. The Bertz CT molecular complexity index is 452. The van der Waals surface area contributed by atoms with Gasteiger partial charge in [0.05, 0.1) is 5.56 Å². The summed E-state index contributed by atoms with van der Waals surface area (Å²) in [6.45, 7) is 1.20. The molecule has 0 N–H and O–H groups in total. The summed E-state index contributed by atoms with van der Waals surface area (Å²) in [5.74, 6) is -0.436. The van der Waals surface area contributed by atoms with Gasteiger partial charge in [-0.2, -0.15) is 13.2 Å². The molecule has 0 fully saturated rings. The van der Waals surface area contributed by atoms with Crippen molar-refractivity contribution in [2.24, 2.45) is 0 Å². The van der Waals surface area contributed by atoms with Gasteiger partial charge in [-0.3, -0.25) is 9.59 Å². The molecule has 0 saturated carbocycles. The molecule has 86 valence electrons. The zero-order chi connectivity index (χ0) is 12.5. The predicted molar refractivity (Wildman–Crippen MR) is 59.6 cm³/mol. The van der Waals surface area contributed by atoms with Crippen LogP contribution in [0, 0.1) is 3.57 Å². The highest BCUT2D eigenvalue weighted by Gasteiger charge is 2.34. The lowest BCUT2D eigenvalue weighted by molar-refractivity contribution is -0.138. The van der Waals surface area contributed by atoms with Crippen LogP contribution in [0.2, 0.25) is 0 Å². The van der Waals surface area contributed by atoms with Gasteiger partial charge >= 0.3 is 6.18 Å². The van der Waals surface area contributed by atoms with Crippen molar-refractivity contribution in [3.63, 3.8) is 0 Å². The zero-order valence-electron chi connectivity index (χ0n) is 8.06. The monoisotopic (exact) mass is 342 g/mol. The van der Waals surface area contributed by atoms with E-state index in [1.165, 1.54) is 29.5 Å². The van der Waals surface area contributed by atoms with Gasteiger partial charge in [0.15, 0.2) is 12.1 Å². The van der Waals surface area contributed by atoms with Crippen LogP contribution in [-0.2, 0) is 6.18 Å². The quantitative estimate of drug-likeness (QED) is 0.469. The van der Waals surface area contributed by atoms with Crippen LogP contribution in [0.15, 0.2) is 12.1 Å². The van der Waals surface area contributed by atoms with Crippen molar-refractivity contribution in [2.45, 2.75) is 13.1 Å². The lowest BCUT2D eigenvalue weighted by Crippen LogP contribution is -2.11. The molecule has 1 aromatic carbocycles. The van der Waals surface area contributed by atoms with Gasteiger partial charge in [0.2, 0.25) is 0 Å². The van der Waals surface area contributed by atoms with Gasteiger partial charge in [-0.1, -0.05) is 0 Å². The van der Waals surface area contributed by atoms with Crippen molar-refractivity contribution < 1.29 is 22.8 Å². The number of carbonyl (C=O) groups excluding carboxylic acids is 2. The second kappa shape index (κ2) is 4.52. The molecule has 0 aliphatic rings. The van der Waals surface area contributed by atoms with E-state index in [1.807, 2.05) is 0 Å². The highest BCUT2D eigenvalue weighted by Crippen LogP contribution is 2.34. The molecule has 0 aliphatic heterocycles. The molecule has 0 heterocycles. The molecule has 0 saturated heterocycles. The Kier molecular flexibility index (Phi) is 3.72. The Morgan fingerprint density at radius 2 is 1.94 bits per heavy atom. The van der Waals surface area contributed by atoms with Gasteiger partial charge in [-0.25, -0.2) is 0 Å². The maximum absolute atomic E-state index is 12.5. The summed E-state index contributed by atoms with van der Waals surface area (Å²) >= 11 is 1.49. The van der Waals surface area contributed by atoms with Crippen molar-refractivity contribution in [1.29, 1.82) is 0 Å². The molecule has 0 bridgehead atoms. The minimum atomic E-state index is -4.52. The summed E-state index contributed by atoms with van der Waals surface area (Å²) < 4.78 is 37.4. The van der Waals surface area contributed by atoms with Gasteiger partial charge in [-0.05, 0) is 41.6 Å². The van der Waals surface area contributed by atoms with E-state index in [4.69, 9.17) is 0 Å². The zero-order valence-corrected chi connectivity index (χ0v) is 10.2. The number of hydrogen-bond donors (Lipinski definition) is 0. The fraction of sp³-hybridized carbons (Fsp3) is 0.200. The first kappa shape index (κ1) is 13.1. The van der Waals surface area contributed by atoms with Crippen LogP contribution >= 0.6 is 22.6 Å².